The SMILES string of the molecule is Cc1cc(C(C)(C)C)cc(C)c1CSc1nc2ccc(NC(=O)c3ccccc3Cl)cc2s1. The number of rotatable bonds is 5. The lowest BCUT2D eigenvalue weighted by Crippen LogP contribution is -2.12. The molecule has 0 aliphatic rings. The summed E-state index contributed by atoms with van der Waals surface area (Å²) in [5.41, 5.74) is 7.69. The van der Waals surface area contributed by atoms with Crippen molar-refractivity contribution in [3.05, 3.63) is 87.4 Å². The Kier molecular flexibility index (Phi) is 6.85. The summed E-state index contributed by atoms with van der Waals surface area (Å²) >= 11 is 9.56. The monoisotopic (exact) mass is 494 g/mol. The molecule has 33 heavy (non-hydrogen) atoms. The van der Waals surface area contributed by atoms with Crippen molar-refractivity contribution in [1.29, 1.82) is 0 Å². The summed E-state index contributed by atoms with van der Waals surface area (Å²) in [5, 5.41) is 3.38. The second kappa shape index (κ2) is 9.49. The zero-order valence-electron chi connectivity index (χ0n) is 19.5. The molecular formula is C27H27ClN2OS2. The Labute approximate surface area is 208 Å². The Morgan fingerprint density at radius 3 is 2.42 bits per heavy atom. The molecule has 0 spiro atoms. The third-order valence-corrected chi connectivity index (χ3v) is 8.16. The third kappa shape index (κ3) is 5.43. The van der Waals surface area contributed by atoms with Crippen LogP contribution in [0.1, 0.15) is 53.4 Å². The minimum absolute atomic E-state index is 0.146. The first-order chi connectivity index (χ1) is 15.6. The Morgan fingerprint density at radius 2 is 1.76 bits per heavy atom. The van der Waals surface area contributed by atoms with Crippen molar-refractivity contribution >= 4 is 56.5 Å². The lowest BCUT2D eigenvalue weighted by Gasteiger charge is -2.22. The van der Waals surface area contributed by atoms with Crippen LogP contribution in [0.15, 0.2) is 58.9 Å². The molecule has 3 aromatic carbocycles. The summed E-state index contributed by atoms with van der Waals surface area (Å²) < 4.78 is 2.07. The maximum absolute atomic E-state index is 12.6. The van der Waals surface area contributed by atoms with Crippen LogP contribution in [0.5, 0.6) is 0 Å². The molecular weight excluding hydrogens is 468 g/mol. The predicted octanol–water partition coefficient (Wildman–Crippen LogP) is 8.41. The Bertz CT molecular complexity index is 1310. The number of thiazole rings is 1. The Hall–Kier alpha value is -2.34. The van der Waals surface area contributed by atoms with E-state index in [-0.39, 0.29) is 11.3 Å². The number of carbonyl (C=O) groups is 1. The van der Waals surface area contributed by atoms with Crippen molar-refractivity contribution in [1.82, 2.24) is 4.98 Å². The van der Waals surface area contributed by atoms with Gasteiger partial charge < -0.3 is 5.32 Å². The van der Waals surface area contributed by atoms with E-state index >= 15 is 0 Å². The smallest absolute Gasteiger partial charge is 0.257 e. The fourth-order valence-electron chi connectivity index (χ4n) is 3.67. The van der Waals surface area contributed by atoms with Gasteiger partial charge in [-0.05, 0) is 71.8 Å². The molecule has 0 unspecified atom stereocenters. The highest BCUT2D eigenvalue weighted by atomic mass is 35.5. The van der Waals surface area contributed by atoms with Crippen LogP contribution in [-0.2, 0) is 11.2 Å². The number of thioether (sulfide) groups is 1. The molecule has 0 aliphatic heterocycles. The van der Waals surface area contributed by atoms with Gasteiger partial charge in [-0.1, -0.05) is 68.4 Å². The Balaban J connectivity index is 1.49. The van der Waals surface area contributed by atoms with Gasteiger partial charge in [0.25, 0.3) is 5.91 Å². The van der Waals surface area contributed by atoms with Crippen LogP contribution in [0.3, 0.4) is 0 Å². The number of nitrogens with zero attached hydrogens (tertiary/aromatic N) is 1. The van der Waals surface area contributed by atoms with Crippen LogP contribution in [0, 0.1) is 13.8 Å². The molecule has 1 amide bonds. The second-order valence-corrected chi connectivity index (χ2v) is 11.9. The first-order valence-corrected chi connectivity index (χ1v) is 13.0. The average molecular weight is 495 g/mol. The average Bonchev–Trinajstić information content (AvgIpc) is 3.14. The molecule has 6 heteroatoms. The quantitative estimate of drug-likeness (QED) is 0.283. The molecule has 1 N–H and O–H groups in total. The molecule has 4 rings (SSSR count). The van der Waals surface area contributed by atoms with Gasteiger partial charge in [-0.3, -0.25) is 4.79 Å². The van der Waals surface area contributed by atoms with Crippen LogP contribution >= 0.6 is 34.7 Å². The molecule has 1 heterocycles. The van der Waals surface area contributed by atoms with Crippen LogP contribution in [-0.4, -0.2) is 10.9 Å². The van der Waals surface area contributed by atoms with E-state index in [9.17, 15) is 4.79 Å². The van der Waals surface area contributed by atoms with Gasteiger partial charge in [0.15, 0.2) is 4.34 Å². The van der Waals surface area contributed by atoms with Crippen LogP contribution in [0.2, 0.25) is 5.02 Å². The molecule has 170 valence electrons. The first-order valence-electron chi connectivity index (χ1n) is 10.8. The van der Waals surface area contributed by atoms with Crippen molar-refractivity contribution in [2.24, 2.45) is 0 Å². The minimum Gasteiger partial charge on any atom is -0.322 e. The second-order valence-electron chi connectivity index (χ2n) is 9.22. The summed E-state index contributed by atoms with van der Waals surface area (Å²) in [6, 6.07) is 17.5. The number of carbonyl (C=O) groups excluding carboxylic acids is 1. The number of hydrogen-bond donors (Lipinski definition) is 1. The summed E-state index contributed by atoms with van der Waals surface area (Å²) in [6.45, 7) is 11.2. The van der Waals surface area contributed by atoms with Crippen molar-refractivity contribution < 1.29 is 4.79 Å². The molecule has 0 saturated carbocycles. The summed E-state index contributed by atoms with van der Waals surface area (Å²) in [7, 11) is 0. The standard InChI is InChI=1S/C27H27ClN2OS2/c1-16-12-18(27(3,4)5)13-17(2)21(16)15-32-26-30-23-11-10-19(14-24(23)33-26)29-25(31)20-8-6-7-9-22(20)28/h6-14H,15H2,1-5H3,(H,29,31). The highest BCUT2D eigenvalue weighted by molar-refractivity contribution is 8.00. The normalized spacial score (nSPS) is 11.7. The zero-order valence-corrected chi connectivity index (χ0v) is 21.8. The Morgan fingerprint density at radius 1 is 1.06 bits per heavy atom. The van der Waals surface area contributed by atoms with E-state index in [1.807, 2.05) is 24.3 Å². The maximum Gasteiger partial charge on any atom is 0.257 e. The first kappa shape index (κ1) is 23.8. The van der Waals surface area contributed by atoms with Gasteiger partial charge in [-0.15, -0.1) is 11.3 Å². The van der Waals surface area contributed by atoms with Crippen molar-refractivity contribution in [2.75, 3.05) is 5.32 Å². The number of aryl methyl sites for hydroxylation is 2. The van der Waals surface area contributed by atoms with Gasteiger partial charge in [0.05, 0.1) is 20.8 Å². The van der Waals surface area contributed by atoms with E-state index in [2.05, 4.69) is 52.1 Å². The zero-order chi connectivity index (χ0) is 23.8. The molecule has 0 fully saturated rings. The van der Waals surface area contributed by atoms with Crippen molar-refractivity contribution in [2.45, 2.75) is 50.1 Å². The molecule has 0 radical (unpaired) electrons. The molecule has 3 nitrogen and oxygen atoms in total. The minimum atomic E-state index is -0.219. The van der Waals surface area contributed by atoms with Gasteiger partial charge in [0, 0.05) is 11.4 Å². The number of fused-ring (bicyclic) bond motifs is 1. The largest absolute Gasteiger partial charge is 0.322 e. The number of halogens is 1. The molecule has 4 aromatic rings. The lowest BCUT2D eigenvalue weighted by atomic mass is 9.84. The van der Waals surface area contributed by atoms with Gasteiger partial charge in [-0.2, -0.15) is 0 Å². The van der Waals surface area contributed by atoms with Gasteiger partial charge in [-0.25, -0.2) is 4.98 Å². The molecule has 1 aromatic heterocycles. The number of benzene rings is 3. The van der Waals surface area contributed by atoms with Crippen LogP contribution < -0.4 is 5.32 Å². The van der Waals surface area contributed by atoms with Crippen LogP contribution in [0.25, 0.3) is 10.2 Å². The number of nitrogens with one attached hydrogen (secondary N) is 1. The molecule has 0 aliphatic carbocycles. The van der Waals surface area contributed by atoms with Gasteiger partial charge >= 0.3 is 0 Å². The fourth-order valence-corrected chi connectivity index (χ4v) is 6.20. The number of aromatic nitrogens is 1. The van der Waals surface area contributed by atoms with Gasteiger partial charge in [0.2, 0.25) is 0 Å². The lowest BCUT2D eigenvalue weighted by molar-refractivity contribution is 0.102. The third-order valence-electron chi connectivity index (χ3n) is 5.65. The van der Waals surface area contributed by atoms with E-state index in [1.54, 1.807) is 41.3 Å². The predicted molar refractivity (Wildman–Crippen MR) is 143 cm³/mol. The van der Waals surface area contributed by atoms with E-state index in [1.165, 1.54) is 22.3 Å². The van der Waals surface area contributed by atoms with E-state index in [4.69, 9.17) is 16.6 Å². The highest BCUT2D eigenvalue weighted by Gasteiger charge is 2.17. The van der Waals surface area contributed by atoms with Crippen molar-refractivity contribution in [3.8, 4) is 0 Å². The highest BCUT2D eigenvalue weighted by Crippen LogP contribution is 2.35. The van der Waals surface area contributed by atoms with Gasteiger partial charge in [0.1, 0.15) is 0 Å². The van der Waals surface area contributed by atoms with Crippen LogP contribution in [0.4, 0.5) is 5.69 Å². The number of amides is 1. The van der Waals surface area contributed by atoms with E-state index in [0.29, 0.717) is 10.6 Å². The fraction of sp³-hybridized carbons (Fsp3) is 0.259. The topological polar surface area (TPSA) is 42.0 Å². The molecule has 0 atom stereocenters. The molecule has 0 bridgehead atoms. The van der Waals surface area contributed by atoms with E-state index in [0.717, 1.165) is 26.0 Å². The summed E-state index contributed by atoms with van der Waals surface area (Å²) in [6.07, 6.45) is 0. The number of anilines is 1. The van der Waals surface area contributed by atoms with Crippen molar-refractivity contribution in [3.63, 3.8) is 0 Å². The summed E-state index contributed by atoms with van der Waals surface area (Å²) in [5.74, 6) is 0.668. The number of hydrogen-bond acceptors (Lipinski definition) is 4. The maximum atomic E-state index is 12.6. The summed E-state index contributed by atoms with van der Waals surface area (Å²) in [4.78, 5) is 17.4. The molecule has 0 saturated heterocycles. The van der Waals surface area contributed by atoms with E-state index < -0.39 is 0 Å².